The molecule has 11 heteroatoms. The van der Waals surface area contributed by atoms with Crippen molar-refractivity contribution in [2.75, 3.05) is 6.61 Å². The lowest BCUT2D eigenvalue weighted by atomic mass is 10.00. The summed E-state index contributed by atoms with van der Waals surface area (Å²) in [5.74, 6) is -3.97. The first kappa shape index (κ1) is 22.4. The van der Waals surface area contributed by atoms with Gasteiger partial charge in [-0.25, -0.2) is 4.79 Å². The van der Waals surface area contributed by atoms with Gasteiger partial charge in [-0.05, 0) is 6.42 Å². The summed E-state index contributed by atoms with van der Waals surface area (Å²) in [5, 5.41) is 18.1. The molecule has 0 aromatic heterocycles. The number of carboxylic acid groups (broad SMARTS) is 1. The number of allylic oxidation sites excluding steroid dienone is 1. The minimum absolute atomic E-state index is 0.283. The van der Waals surface area contributed by atoms with E-state index in [1.54, 1.807) is 24.1 Å². The number of hydrogen-bond donors (Lipinski definition) is 3. The number of aliphatic hydroxyl groups is 1. The summed E-state index contributed by atoms with van der Waals surface area (Å²) in [5.41, 5.74) is 5.67. The summed E-state index contributed by atoms with van der Waals surface area (Å²) < 4.78 is 16.2. The molecule has 2 rings (SSSR count). The van der Waals surface area contributed by atoms with Crippen LogP contribution in [0.1, 0.15) is 26.7 Å². The molecular formula is C18H24N2O9. The Morgan fingerprint density at radius 3 is 2.66 bits per heavy atom. The highest BCUT2D eigenvalue weighted by Crippen LogP contribution is 2.33. The lowest BCUT2D eigenvalue weighted by Gasteiger charge is -2.30. The van der Waals surface area contributed by atoms with Crippen LogP contribution in [0.5, 0.6) is 0 Å². The summed E-state index contributed by atoms with van der Waals surface area (Å²) in [6.07, 6.45) is 0.399. The van der Waals surface area contributed by atoms with Crippen molar-refractivity contribution in [1.29, 1.82) is 0 Å². The Bertz CT molecular complexity index is 733. The van der Waals surface area contributed by atoms with Gasteiger partial charge in [0.25, 0.3) is 0 Å². The zero-order chi connectivity index (χ0) is 21.7. The standard InChI is InChI=1S/C18H24N2O9/c1-9-13(8-27-18(26)12(22)6-14(23)24)29-17(15(9)28-10(2)21)20-5-3-4-11(7-20)16(19)25/h3,5,7,9,12-13,15,17,22H,4,6,8H2,1-2H3,(H2,19,25)(H,23,24)/t9-,12+,13-,15-,17-/m1/s1. The molecule has 0 unspecified atom stereocenters. The number of rotatable bonds is 8. The van der Waals surface area contributed by atoms with Crippen molar-refractivity contribution < 1.29 is 43.6 Å². The van der Waals surface area contributed by atoms with Crippen molar-refractivity contribution >= 4 is 23.8 Å². The summed E-state index contributed by atoms with van der Waals surface area (Å²) >= 11 is 0. The highest BCUT2D eigenvalue weighted by molar-refractivity contribution is 5.92. The minimum atomic E-state index is -1.80. The molecule has 29 heavy (non-hydrogen) atoms. The van der Waals surface area contributed by atoms with E-state index in [4.69, 9.17) is 25.1 Å². The van der Waals surface area contributed by atoms with Gasteiger partial charge < -0.3 is 35.1 Å². The van der Waals surface area contributed by atoms with Crippen molar-refractivity contribution in [1.82, 2.24) is 4.90 Å². The molecule has 11 nitrogen and oxygen atoms in total. The van der Waals surface area contributed by atoms with E-state index in [0.29, 0.717) is 12.0 Å². The number of aliphatic carboxylic acids is 1. The number of hydrogen-bond acceptors (Lipinski definition) is 9. The topological polar surface area (TPSA) is 166 Å². The Hall–Kier alpha value is -2.92. The number of primary amides is 1. The van der Waals surface area contributed by atoms with E-state index in [-0.39, 0.29) is 6.61 Å². The van der Waals surface area contributed by atoms with Crippen LogP contribution in [0, 0.1) is 5.92 Å². The van der Waals surface area contributed by atoms with E-state index in [9.17, 15) is 24.3 Å². The van der Waals surface area contributed by atoms with Gasteiger partial charge in [0.05, 0.1) is 6.42 Å². The molecule has 4 N–H and O–H groups in total. The van der Waals surface area contributed by atoms with Gasteiger partial charge in [0.15, 0.2) is 18.4 Å². The maximum atomic E-state index is 11.7. The molecule has 1 saturated heterocycles. The van der Waals surface area contributed by atoms with Gasteiger partial charge in [-0.15, -0.1) is 0 Å². The fourth-order valence-corrected chi connectivity index (χ4v) is 3.05. The van der Waals surface area contributed by atoms with Crippen LogP contribution in [0.2, 0.25) is 0 Å². The zero-order valence-corrected chi connectivity index (χ0v) is 16.0. The molecule has 5 atom stereocenters. The van der Waals surface area contributed by atoms with Gasteiger partial charge >= 0.3 is 17.9 Å². The van der Waals surface area contributed by atoms with Crippen LogP contribution in [-0.4, -0.2) is 70.1 Å². The number of aliphatic hydroxyl groups excluding tert-OH is 1. The van der Waals surface area contributed by atoms with Crippen LogP contribution in [0.25, 0.3) is 0 Å². The monoisotopic (exact) mass is 412 g/mol. The molecule has 0 aromatic carbocycles. The predicted molar refractivity (Wildman–Crippen MR) is 95.5 cm³/mol. The smallest absolute Gasteiger partial charge is 0.335 e. The number of ether oxygens (including phenoxy) is 3. The van der Waals surface area contributed by atoms with E-state index in [2.05, 4.69) is 0 Å². The van der Waals surface area contributed by atoms with Crippen molar-refractivity contribution in [3.05, 3.63) is 24.0 Å². The predicted octanol–water partition coefficient (Wildman–Crippen LogP) is -0.753. The second-order valence-electron chi connectivity index (χ2n) is 6.80. The molecule has 0 aromatic rings. The Labute approximate surface area is 166 Å². The summed E-state index contributed by atoms with van der Waals surface area (Å²) in [6.45, 7) is 2.69. The molecule has 160 valence electrons. The first-order chi connectivity index (χ1) is 13.6. The molecule has 1 fully saturated rings. The van der Waals surface area contributed by atoms with Gasteiger partial charge in [0, 0.05) is 30.8 Å². The Morgan fingerprint density at radius 2 is 2.07 bits per heavy atom. The quantitative estimate of drug-likeness (QED) is 0.432. The van der Waals surface area contributed by atoms with Crippen LogP contribution < -0.4 is 5.73 Å². The van der Waals surface area contributed by atoms with Crippen molar-refractivity contribution in [3.8, 4) is 0 Å². The molecule has 0 bridgehead atoms. The molecule has 0 spiro atoms. The number of esters is 2. The van der Waals surface area contributed by atoms with Gasteiger partial charge in [0.2, 0.25) is 5.91 Å². The Kier molecular flexibility index (Phi) is 7.35. The van der Waals surface area contributed by atoms with Gasteiger partial charge in [-0.1, -0.05) is 13.0 Å². The third-order valence-electron chi connectivity index (χ3n) is 4.56. The maximum absolute atomic E-state index is 11.7. The van der Waals surface area contributed by atoms with E-state index in [0.717, 1.165) is 0 Å². The molecule has 0 saturated carbocycles. The number of carbonyl (C=O) groups excluding carboxylic acids is 3. The van der Waals surface area contributed by atoms with E-state index < -0.39 is 60.7 Å². The van der Waals surface area contributed by atoms with Crippen LogP contribution >= 0.6 is 0 Å². The average Bonchev–Trinajstić information content (AvgIpc) is 2.94. The van der Waals surface area contributed by atoms with Crippen LogP contribution in [0.15, 0.2) is 24.0 Å². The van der Waals surface area contributed by atoms with Crippen LogP contribution in [0.3, 0.4) is 0 Å². The summed E-state index contributed by atoms with van der Waals surface area (Å²) in [7, 11) is 0. The number of nitrogens with two attached hydrogens (primary N) is 1. The number of amides is 1. The third kappa shape index (κ3) is 5.78. The first-order valence-corrected chi connectivity index (χ1v) is 8.94. The average molecular weight is 412 g/mol. The molecule has 0 aliphatic carbocycles. The second-order valence-corrected chi connectivity index (χ2v) is 6.80. The third-order valence-corrected chi connectivity index (χ3v) is 4.56. The van der Waals surface area contributed by atoms with E-state index in [1.165, 1.54) is 13.1 Å². The van der Waals surface area contributed by atoms with Gasteiger partial charge in [-0.3, -0.25) is 14.4 Å². The zero-order valence-electron chi connectivity index (χ0n) is 16.0. The van der Waals surface area contributed by atoms with Crippen molar-refractivity contribution in [2.24, 2.45) is 11.7 Å². The Balaban J connectivity index is 2.10. The van der Waals surface area contributed by atoms with E-state index in [1.807, 2.05) is 0 Å². The molecule has 2 aliphatic heterocycles. The highest BCUT2D eigenvalue weighted by Gasteiger charge is 2.47. The number of nitrogens with zero attached hydrogens (tertiary/aromatic N) is 1. The molecular weight excluding hydrogens is 388 g/mol. The molecule has 1 amide bonds. The van der Waals surface area contributed by atoms with Gasteiger partial charge in [-0.2, -0.15) is 0 Å². The molecule has 2 heterocycles. The largest absolute Gasteiger partial charge is 0.481 e. The SMILES string of the molecule is CC(=O)O[C@@H]1[C@H](C)[C@@H](COC(=O)[C@@H](O)CC(=O)O)O[C@H]1N1C=CCC(C(N)=O)=C1. The van der Waals surface area contributed by atoms with E-state index >= 15 is 0 Å². The van der Waals surface area contributed by atoms with Crippen LogP contribution in [0.4, 0.5) is 0 Å². The van der Waals surface area contributed by atoms with Crippen LogP contribution in [-0.2, 0) is 33.4 Å². The second kappa shape index (κ2) is 9.52. The van der Waals surface area contributed by atoms with Crippen molar-refractivity contribution in [3.63, 3.8) is 0 Å². The van der Waals surface area contributed by atoms with Crippen molar-refractivity contribution in [2.45, 2.75) is 51.2 Å². The highest BCUT2D eigenvalue weighted by atomic mass is 16.6. The maximum Gasteiger partial charge on any atom is 0.335 e. The Morgan fingerprint density at radius 1 is 1.38 bits per heavy atom. The van der Waals surface area contributed by atoms with Gasteiger partial charge in [0.1, 0.15) is 12.7 Å². The molecule has 2 aliphatic rings. The summed E-state index contributed by atoms with van der Waals surface area (Å²) in [6, 6.07) is 0. The fraction of sp³-hybridized carbons (Fsp3) is 0.556. The first-order valence-electron chi connectivity index (χ1n) is 8.94. The minimum Gasteiger partial charge on any atom is -0.481 e. The summed E-state index contributed by atoms with van der Waals surface area (Å²) in [4.78, 5) is 46.9. The normalized spacial score (nSPS) is 27.1. The number of carbonyl (C=O) groups is 4. The number of carboxylic acids is 1. The fourth-order valence-electron chi connectivity index (χ4n) is 3.05. The lowest BCUT2D eigenvalue weighted by Crippen LogP contribution is -2.40. The molecule has 0 radical (unpaired) electrons. The lowest BCUT2D eigenvalue weighted by molar-refractivity contribution is -0.163.